The minimum Gasteiger partial charge on any atom is -0.379 e. The molecule has 0 radical (unpaired) electrons. The van der Waals surface area contributed by atoms with Crippen molar-refractivity contribution in [3.63, 3.8) is 0 Å². The van der Waals surface area contributed by atoms with E-state index in [4.69, 9.17) is 4.74 Å². The van der Waals surface area contributed by atoms with E-state index < -0.39 is 0 Å². The number of aromatic nitrogens is 1. The molecule has 3 rings (SSSR count). The van der Waals surface area contributed by atoms with Crippen LogP contribution in [-0.2, 0) is 11.3 Å². The number of nitrogens with one attached hydrogen (secondary N) is 2. The van der Waals surface area contributed by atoms with Crippen LogP contribution in [0.25, 0.3) is 0 Å². The van der Waals surface area contributed by atoms with Gasteiger partial charge in [-0.3, -0.25) is 9.89 Å². The quantitative estimate of drug-likeness (QED) is 0.585. The van der Waals surface area contributed by atoms with Crippen molar-refractivity contribution < 1.29 is 9.13 Å². The first-order chi connectivity index (χ1) is 13.2. The lowest BCUT2D eigenvalue weighted by molar-refractivity contribution is 0.0169. The molecule has 1 aromatic heterocycles. The van der Waals surface area contributed by atoms with E-state index in [1.165, 1.54) is 10.9 Å². The van der Waals surface area contributed by atoms with E-state index in [1.54, 1.807) is 30.5 Å². The summed E-state index contributed by atoms with van der Waals surface area (Å²) < 4.78 is 19.2. The summed E-state index contributed by atoms with van der Waals surface area (Å²) in [4.78, 5) is 12.2. The molecule has 8 heteroatoms. The molecule has 1 aliphatic rings. The number of guanidine groups is 1. The minimum atomic E-state index is -0.215. The maximum atomic E-state index is 13.8. The summed E-state index contributed by atoms with van der Waals surface area (Å²) in [5, 5.41) is 7.68. The molecule has 6 nitrogen and oxygen atoms in total. The standard InChI is InChI=1S/C19H26FN5OS/c1-14-11-22-18(27-14)13-24-19(21-2)23-12-17(25-6-8-26-9-7-25)15-4-3-5-16(20)10-15/h3-5,10-11,17H,6-9,12-13H2,1-2H3,(H2,21,23,24). The monoisotopic (exact) mass is 391 g/mol. The third-order valence-electron chi connectivity index (χ3n) is 4.48. The highest BCUT2D eigenvalue weighted by molar-refractivity contribution is 7.11. The molecule has 146 valence electrons. The zero-order chi connectivity index (χ0) is 19.1. The average Bonchev–Trinajstić information content (AvgIpc) is 3.10. The van der Waals surface area contributed by atoms with Crippen LogP contribution >= 0.6 is 11.3 Å². The normalized spacial score (nSPS) is 16.9. The molecular formula is C19H26FN5OS. The maximum absolute atomic E-state index is 13.8. The molecule has 1 unspecified atom stereocenters. The van der Waals surface area contributed by atoms with Gasteiger partial charge in [-0.15, -0.1) is 11.3 Å². The molecule has 2 aromatic rings. The fraction of sp³-hybridized carbons (Fsp3) is 0.474. The van der Waals surface area contributed by atoms with E-state index in [2.05, 4.69) is 25.5 Å². The third-order valence-corrected chi connectivity index (χ3v) is 5.40. The summed E-state index contributed by atoms with van der Waals surface area (Å²) in [5.74, 6) is 0.491. The lowest BCUT2D eigenvalue weighted by atomic mass is 10.0. The van der Waals surface area contributed by atoms with E-state index in [-0.39, 0.29) is 11.9 Å². The molecule has 1 aromatic carbocycles. The van der Waals surface area contributed by atoms with E-state index in [1.807, 2.05) is 19.2 Å². The lowest BCUT2D eigenvalue weighted by Gasteiger charge is -2.35. The molecule has 0 aliphatic carbocycles. The first-order valence-corrected chi connectivity index (χ1v) is 9.90. The van der Waals surface area contributed by atoms with Crippen LogP contribution in [0.4, 0.5) is 4.39 Å². The fourth-order valence-electron chi connectivity index (χ4n) is 3.12. The van der Waals surface area contributed by atoms with Gasteiger partial charge in [0.25, 0.3) is 0 Å². The number of ether oxygens (including phenoxy) is 1. The van der Waals surface area contributed by atoms with Crippen molar-refractivity contribution in [1.29, 1.82) is 0 Å². The number of aliphatic imine (C=N–C) groups is 1. The van der Waals surface area contributed by atoms with Crippen molar-refractivity contribution in [2.75, 3.05) is 39.9 Å². The molecule has 0 amide bonds. The van der Waals surface area contributed by atoms with Crippen LogP contribution in [0.1, 0.15) is 21.5 Å². The van der Waals surface area contributed by atoms with E-state index in [0.29, 0.717) is 32.3 Å². The van der Waals surface area contributed by atoms with Crippen LogP contribution in [-0.4, -0.2) is 55.7 Å². The summed E-state index contributed by atoms with van der Waals surface area (Å²) in [6, 6.07) is 6.86. The summed E-state index contributed by atoms with van der Waals surface area (Å²) in [5.41, 5.74) is 0.954. The largest absolute Gasteiger partial charge is 0.379 e. The van der Waals surface area contributed by atoms with E-state index in [9.17, 15) is 4.39 Å². The van der Waals surface area contributed by atoms with Crippen molar-refractivity contribution in [2.24, 2.45) is 4.99 Å². The molecule has 0 bridgehead atoms. The number of rotatable bonds is 6. The Morgan fingerprint density at radius 1 is 1.37 bits per heavy atom. The maximum Gasteiger partial charge on any atom is 0.191 e. The van der Waals surface area contributed by atoms with E-state index >= 15 is 0 Å². The first-order valence-electron chi connectivity index (χ1n) is 9.09. The summed E-state index contributed by atoms with van der Waals surface area (Å²) in [6.07, 6.45) is 1.87. The lowest BCUT2D eigenvalue weighted by Crippen LogP contribution is -2.46. The Hall–Kier alpha value is -2.03. The molecular weight excluding hydrogens is 365 g/mol. The molecule has 27 heavy (non-hydrogen) atoms. The minimum absolute atomic E-state index is 0.0465. The number of halogens is 1. The zero-order valence-corrected chi connectivity index (χ0v) is 16.6. The predicted octanol–water partition coefficient (Wildman–Crippen LogP) is 2.33. The van der Waals surface area contributed by atoms with Crippen LogP contribution in [0.15, 0.2) is 35.5 Å². The molecule has 0 spiro atoms. The van der Waals surface area contributed by atoms with Gasteiger partial charge in [-0.05, 0) is 24.6 Å². The number of nitrogens with zero attached hydrogens (tertiary/aromatic N) is 3. The number of hydrogen-bond donors (Lipinski definition) is 2. The highest BCUT2D eigenvalue weighted by Crippen LogP contribution is 2.22. The van der Waals surface area contributed by atoms with Crippen LogP contribution in [0.3, 0.4) is 0 Å². The van der Waals surface area contributed by atoms with Gasteiger partial charge in [0.15, 0.2) is 5.96 Å². The average molecular weight is 392 g/mol. The topological polar surface area (TPSA) is 61.8 Å². The SMILES string of the molecule is CN=C(NCc1ncc(C)s1)NCC(c1cccc(F)c1)N1CCOCC1. The first kappa shape index (κ1) is 19.7. The highest BCUT2D eigenvalue weighted by atomic mass is 32.1. The Balaban J connectivity index is 1.63. The number of hydrogen-bond acceptors (Lipinski definition) is 5. The van der Waals surface area contributed by atoms with Crippen LogP contribution < -0.4 is 10.6 Å². The Morgan fingerprint density at radius 3 is 2.85 bits per heavy atom. The molecule has 1 saturated heterocycles. The van der Waals surface area contributed by atoms with Gasteiger partial charge < -0.3 is 15.4 Å². The van der Waals surface area contributed by atoms with Crippen molar-refractivity contribution in [3.8, 4) is 0 Å². The number of aryl methyl sites for hydroxylation is 1. The molecule has 1 atom stereocenters. The Kier molecular flexibility index (Phi) is 7.14. The highest BCUT2D eigenvalue weighted by Gasteiger charge is 2.23. The van der Waals surface area contributed by atoms with Crippen LogP contribution in [0, 0.1) is 12.7 Å². The zero-order valence-electron chi connectivity index (χ0n) is 15.7. The smallest absolute Gasteiger partial charge is 0.191 e. The molecule has 1 aliphatic heterocycles. The van der Waals surface area contributed by atoms with Crippen LogP contribution in [0.2, 0.25) is 0 Å². The molecule has 1 fully saturated rings. The summed E-state index contributed by atoms with van der Waals surface area (Å²) >= 11 is 1.67. The van der Waals surface area contributed by atoms with Gasteiger partial charge in [-0.1, -0.05) is 12.1 Å². The third kappa shape index (κ3) is 5.72. The van der Waals surface area contributed by atoms with Gasteiger partial charge in [-0.25, -0.2) is 9.37 Å². The Bertz CT molecular complexity index is 760. The van der Waals surface area contributed by atoms with E-state index in [0.717, 1.165) is 23.7 Å². The number of thiazole rings is 1. The van der Waals surface area contributed by atoms with Crippen molar-refractivity contribution in [1.82, 2.24) is 20.5 Å². The molecule has 0 saturated carbocycles. The second-order valence-electron chi connectivity index (χ2n) is 6.39. The van der Waals surface area contributed by atoms with Crippen molar-refractivity contribution in [3.05, 3.63) is 51.7 Å². The predicted molar refractivity (Wildman–Crippen MR) is 107 cm³/mol. The van der Waals surface area contributed by atoms with Gasteiger partial charge in [0.05, 0.1) is 25.8 Å². The second kappa shape index (κ2) is 9.77. The molecule has 2 N–H and O–H groups in total. The second-order valence-corrected chi connectivity index (χ2v) is 7.71. The van der Waals surface area contributed by atoms with Gasteiger partial charge in [0.2, 0.25) is 0 Å². The van der Waals surface area contributed by atoms with Crippen LogP contribution in [0.5, 0.6) is 0 Å². The Morgan fingerprint density at radius 2 is 2.19 bits per heavy atom. The van der Waals surface area contributed by atoms with Crippen molar-refractivity contribution >= 4 is 17.3 Å². The molecule has 2 heterocycles. The van der Waals surface area contributed by atoms with Gasteiger partial charge in [0, 0.05) is 37.8 Å². The van der Waals surface area contributed by atoms with Crippen molar-refractivity contribution in [2.45, 2.75) is 19.5 Å². The van der Waals surface area contributed by atoms with Gasteiger partial charge in [0.1, 0.15) is 10.8 Å². The summed E-state index contributed by atoms with van der Waals surface area (Å²) in [7, 11) is 1.74. The van der Waals surface area contributed by atoms with Gasteiger partial charge >= 0.3 is 0 Å². The Labute approximate surface area is 163 Å². The summed E-state index contributed by atoms with van der Waals surface area (Å²) in [6.45, 7) is 6.34. The van der Waals surface area contributed by atoms with Gasteiger partial charge in [-0.2, -0.15) is 0 Å². The number of benzene rings is 1. The fourth-order valence-corrected chi connectivity index (χ4v) is 3.84. The number of morpholine rings is 1.